The number of fused-ring (bicyclic) bond motifs is 8. The lowest BCUT2D eigenvalue weighted by Crippen LogP contribution is -2.41. The van der Waals surface area contributed by atoms with Gasteiger partial charge >= 0.3 is 0 Å². The monoisotopic (exact) mass is 822 g/mol. The molecule has 2 aromatic heterocycles. The molecule has 0 saturated heterocycles. The summed E-state index contributed by atoms with van der Waals surface area (Å²) >= 11 is 0. The number of carbonyl (C=O) groups is 1. The summed E-state index contributed by atoms with van der Waals surface area (Å²) in [4.78, 5) is 17.5. The lowest BCUT2D eigenvalue weighted by atomic mass is 9.73. The number of aliphatic hydroxyl groups excluding tert-OH is 3. The molecule has 1 spiro atoms. The second-order valence-corrected chi connectivity index (χ2v) is 18.1. The zero-order chi connectivity index (χ0) is 42.3. The standard InChI is InChI=1S/C51H58N4O6/c1-3-4-5-8-37(48(59)38-12-9-31(2)25-45(38)58)44(57)16-10-32-11-18-46-47(26-32)61-50-41(51(22-24-60-46)20-6-7-21-51)15-17-43(56)35-13-14-36-34(19-23-53-49(36)52)39(35)27-33-28-54-42-30-55(50)29-40(33)42/h9,11-14,18-19,23,26,28-31,37-38,41,43,45,48-50,53-54,56,58-59H,3-8,10,16,20-21,25,27,52H2,1-2H3/t31-,37-,38-,41+,43+,45-,48+,49+,50+/m1/s1. The van der Waals surface area contributed by atoms with E-state index in [1.165, 1.54) is 0 Å². The smallest absolute Gasteiger partial charge is 0.191 e. The molecule has 5 aliphatic rings. The van der Waals surface area contributed by atoms with Gasteiger partial charge in [-0.25, -0.2) is 0 Å². The molecule has 0 unspecified atom stereocenters. The number of benzene rings is 2. The molecule has 318 valence electrons. The molecule has 0 amide bonds. The average Bonchev–Trinajstić information content (AvgIpc) is 4.00. The number of ether oxygens (including phenoxy) is 2. The predicted octanol–water partition coefficient (Wildman–Crippen LogP) is 7.88. The van der Waals surface area contributed by atoms with Gasteiger partial charge in [0.15, 0.2) is 17.7 Å². The fourth-order valence-electron chi connectivity index (χ4n) is 10.5. The van der Waals surface area contributed by atoms with Gasteiger partial charge in [0.2, 0.25) is 0 Å². The predicted molar refractivity (Wildman–Crippen MR) is 236 cm³/mol. The Bertz CT molecular complexity index is 2470. The van der Waals surface area contributed by atoms with Gasteiger partial charge in [0.1, 0.15) is 24.2 Å². The first-order valence-electron chi connectivity index (χ1n) is 22.4. The molecule has 4 aromatic rings. The number of allylic oxidation sites excluding steroid dienone is 1. The van der Waals surface area contributed by atoms with Crippen molar-refractivity contribution in [3.63, 3.8) is 0 Å². The van der Waals surface area contributed by atoms with E-state index in [1.807, 2.05) is 61.0 Å². The van der Waals surface area contributed by atoms with Crippen molar-refractivity contribution in [3.05, 3.63) is 101 Å². The van der Waals surface area contributed by atoms with Crippen LogP contribution >= 0.6 is 0 Å². The molecule has 10 heteroatoms. The lowest BCUT2D eigenvalue weighted by Gasteiger charge is -2.35. The number of hydrogen-bond donors (Lipinski definition) is 6. The van der Waals surface area contributed by atoms with Gasteiger partial charge in [-0.15, -0.1) is 0 Å². The lowest BCUT2D eigenvalue weighted by molar-refractivity contribution is -0.129. The van der Waals surface area contributed by atoms with Crippen LogP contribution in [0.5, 0.6) is 11.5 Å². The Kier molecular flexibility index (Phi) is 11.6. The number of aromatic amines is 1. The Morgan fingerprint density at radius 2 is 1.90 bits per heavy atom. The molecule has 9 atom stereocenters. The first kappa shape index (κ1) is 41.1. The first-order chi connectivity index (χ1) is 29.6. The largest absolute Gasteiger partial charge is 0.465 e. The average molecular weight is 823 g/mol. The third-order valence-corrected chi connectivity index (χ3v) is 14.0. The van der Waals surface area contributed by atoms with Crippen LogP contribution in [0.1, 0.15) is 130 Å². The number of nitrogens with two attached hydrogens (primary N) is 1. The van der Waals surface area contributed by atoms with E-state index >= 15 is 0 Å². The summed E-state index contributed by atoms with van der Waals surface area (Å²) in [7, 11) is 0. The van der Waals surface area contributed by atoms with Gasteiger partial charge in [-0.1, -0.05) is 94.1 Å². The Morgan fingerprint density at radius 3 is 2.72 bits per heavy atom. The van der Waals surface area contributed by atoms with Gasteiger partial charge in [0.25, 0.3) is 0 Å². The fourth-order valence-corrected chi connectivity index (χ4v) is 10.5. The number of aromatic nitrogens is 2. The first-order valence-corrected chi connectivity index (χ1v) is 22.4. The number of carbonyl (C=O) groups excluding carboxylic acids is 1. The minimum absolute atomic E-state index is 0.00150. The Labute approximate surface area is 358 Å². The van der Waals surface area contributed by atoms with Gasteiger partial charge in [0.05, 0.1) is 29.1 Å². The van der Waals surface area contributed by atoms with Gasteiger partial charge < -0.3 is 45.4 Å². The summed E-state index contributed by atoms with van der Waals surface area (Å²) < 4.78 is 15.4. The van der Waals surface area contributed by atoms with Crippen molar-refractivity contribution in [3.8, 4) is 35.4 Å². The summed E-state index contributed by atoms with van der Waals surface area (Å²) in [6.07, 6.45) is 22.3. The number of nitrogens with one attached hydrogen (secondary N) is 2. The van der Waals surface area contributed by atoms with Crippen LogP contribution in [0.3, 0.4) is 0 Å². The van der Waals surface area contributed by atoms with E-state index < -0.39 is 47.7 Å². The van der Waals surface area contributed by atoms with E-state index in [0.717, 1.165) is 89.2 Å². The number of hydrogen-bond acceptors (Lipinski definition) is 8. The van der Waals surface area contributed by atoms with Crippen LogP contribution in [0.2, 0.25) is 0 Å². The molecular weight excluding hydrogens is 765 g/mol. The van der Waals surface area contributed by atoms with Crippen LogP contribution in [0.4, 0.5) is 0 Å². The molecule has 1 saturated carbocycles. The molecule has 10 nitrogen and oxygen atoms in total. The van der Waals surface area contributed by atoms with Crippen LogP contribution in [-0.4, -0.2) is 42.9 Å². The van der Waals surface area contributed by atoms with Crippen LogP contribution < -0.4 is 20.5 Å². The van der Waals surface area contributed by atoms with Crippen LogP contribution in [0.25, 0.3) is 17.0 Å². The van der Waals surface area contributed by atoms with Gasteiger partial charge in [-0.3, -0.25) is 4.79 Å². The number of aryl methyl sites for hydroxylation is 1. The quantitative estimate of drug-likeness (QED) is 0.0537. The van der Waals surface area contributed by atoms with Gasteiger partial charge in [-0.2, -0.15) is 0 Å². The zero-order valence-electron chi connectivity index (χ0n) is 35.2. The SMILES string of the molecule is CCCCC[C@H](C(=O)CCc1ccc2c(c1)O[C@H]1[C@H](C#C[C@H](O)c3ccc4c(c3Cc3c[nH]c5cn1cc35)C=CN[C@@H]4N)C1(C#CO2)CCCC1)[C@H](O)[C@@H]1C=C[C@@H](C)C[C@H]1O. The van der Waals surface area contributed by atoms with Crippen molar-refractivity contribution in [2.24, 2.45) is 34.8 Å². The topological polar surface area (TPSA) is 155 Å². The minimum Gasteiger partial charge on any atom is -0.465 e. The van der Waals surface area contributed by atoms with Crippen molar-refractivity contribution >= 4 is 22.8 Å². The number of ketones is 1. The molecule has 2 aliphatic carbocycles. The maximum Gasteiger partial charge on any atom is 0.191 e. The summed E-state index contributed by atoms with van der Waals surface area (Å²) in [5, 5.41) is 38.7. The fraction of sp³-hybridized carbons (Fsp3) is 0.471. The zero-order valence-corrected chi connectivity index (χ0v) is 35.2. The van der Waals surface area contributed by atoms with Gasteiger partial charge in [-0.05, 0) is 95.8 Å². The van der Waals surface area contributed by atoms with Crippen LogP contribution in [0, 0.1) is 53.0 Å². The molecule has 3 aliphatic heterocycles. The Balaban J connectivity index is 1.06. The number of rotatable bonds is 10. The maximum atomic E-state index is 14.0. The van der Waals surface area contributed by atoms with Crippen molar-refractivity contribution < 1.29 is 29.6 Å². The molecule has 2 bridgehead atoms. The van der Waals surface area contributed by atoms with E-state index in [0.29, 0.717) is 37.2 Å². The maximum absolute atomic E-state index is 14.0. The second kappa shape index (κ2) is 17.3. The minimum atomic E-state index is -1.07. The normalized spacial score (nSPS) is 26.7. The van der Waals surface area contributed by atoms with E-state index in [-0.39, 0.29) is 24.3 Å². The van der Waals surface area contributed by atoms with Crippen LogP contribution in [-0.2, 0) is 17.6 Å². The summed E-state index contributed by atoms with van der Waals surface area (Å²) in [5.41, 5.74) is 12.6. The van der Waals surface area contributed by atoms with Crippen molar-refractivity contribution in [2.45, 2.75) is 122 Å². The van der Waals surface area contributed by atoms with Crippen molar-refractivity contribution in [2.75, 3.05) is 0 Å². The molecule has 61 heavy (non-hydrogen) atoms. The molecule has 2 aromatic carbocycles. The Morgan fingerprint density at radius 1 is 1.07 bits per heavy atom. The Hall–Kier alpha value is -5.23. The highest BCUT2D eigenvalue weighted by Gasteiger charge is 2.47. The molecule has 0 radical (unpaired) electrons. The van der Waals surface area contributed by atoms with E-state index in [4.69, 9.17) is 15.2 Å². The van der Waals surface area contributed by atoms with E-state index in [9.17, 15) is 20.1 Å². The highest BCUT2D eigenvalue weighted by atomic mass is 16.5. The molecule has 9 rings (SSSR count). The molecule has 1 fully saturated rings. The highest BCUT2D eigenvalue weighted by Crippen LogP contribution is 2.50. The van der Waals surface area contributed by atoms with Gasteiger partial charge in [0, 0.05) is 48.7 Å². The number of Topliss-reactive ketones (excluding diaryl/α,β-unsaturated/α-hetero) is 1. The summed E-state index contributed by atoms with van der Waals surface area (Å²) in [5.74, 6) is 10.1. The van der Waals surface area contributed by atoms with E-state index in [1.54, 1.807) is 0 Å². The number of H-pyrrole nitrogens is 1. The van der Waals surface area contributed by atoms with Crippen molar-refractivity contribution in [1.29, 1.82) is 0 Å². The molecule has 5 heterocycles. The third-order valence-electron chi connectivity index (χ3n) is 14.0. The highest BCUT2D eigenvalue weighted by molar-refractivity contribution is 5.84. The summed E-state index contributed by atoms with van der Waals surface area (Å²) in [6, 6.07) is 9.69. The van der Waals surface area contributed by atoms with Crippen molar-refractivity contribution in [1.82, 2.24) is 14.9 Å². The third kappa shape index (κ3) is 8.04. The molecular formula is C51H58N4O6. The number of aliphatic hydroxyl groups is 3. The van der Waals surface area contributed by atoms with Crippen LogP contribution in [0.15, 0.2) is 67.3 Å². The molecule has 7 N–H and O–H groups in total. The number of unbranched alkanes of at least 4 members (excludes halogenated alkanes) is 2. The van der Waals surface area contributed by atoms with E-state index in [2.05, 4.69) is 65.0 Å². The summed E-state index contributed by atoms with van der Waals surface area (Å²) in [6.45, 7) is 4.18. The number of nitrogens with zero attached hydrogens (tertiary/aromatic N) is 1. The second-order valence-electron chi connectivity index (χ2n) is 18.1.